The van der Waals surface area contributed by atoms with E-state index in [1.54, 1.807) is 13.2 Å². The van der Waals surface area contributed by atoms with E-state index >= 15 is 0 Å². The van der Waals surface area contributed by atoms with Crippen molar-refractivity contribution in [1.82, 2.24) is 5.32 Å². The first-order chi connectivity index (χ1) is 10.2. The lowest BCUT2D eigenvalue weighted by Gasteiger charge is -2.08. The molecule has 0 saturated carbocycles. The highest BCUT2D eigenvalue weighted by atomic mass is 16.5. The van der Waals surface area contributed by atoms with E-state index in [2.05, 4.69) is 10.5 Å². The topological polar surface area (TPSA) is 79.9 Å². The minimum Gasteiger partial charge on any atom is -0.497 e. The Morgan fingerprint density at radius 1 is 1.14 bits per heavy atom. The highest BCUT2D eigenvalue weighted by molar-refractivity contribution is 5.97. The molecule has 0 atom stereocenters. The molecule has 4 N–H and O–H groups in total. The normalized spacial score (nSPS) is 11.4. The molecule has 0 fully saturated rings. The number of nitrogens with zero attached hydrogens (tertiary/aromatic N) is 1. The van der Waals surface area contributed by atoms with Gasteiger partial charge in [-0.15, -0.1) is 0 Å². The number of nitrogens with two attached hydrogens (primary N) is 1. The van der Waals surface area contributed by atoms with Crippen LogP contribution in [0.25, 0.3) is 0 Å². The summed E-state index contributed by atoms with van der Waals surface area (Å²) in [6.45, 7) is 1.44. The van der Waals surface area contributed by atoms with Crippen molar-refractivity contribution in [3.63, 3.8) is 0 Å². The third kappa shape index (κ3) is 4.22. The van der Waals surface area contributed by atoms with Crippen LogP contribution in [-0.4, -0.2) is 18.2 Å². The van der Waals surface area contributed by atoms with E-state index in [0.717, 1.165) is 23.4 Å². The quantitative estimate of drug-likeness (QED) is 0.328. The molecule has 0 amide bonds. The summed E-state index contributed by atoms with van der Waals surface area (Å²) in [7, 11) is 1.66. The van der Waals surface area contributed by atoms with Crippen molar-refractivity contribution < 1.29 is 9.94 Å². The smallest absolute Gasteiger partial charge is 0.170 e. The molecule has 21 heavy (non-hydrogen) atoms. The van der Waals surface area contributed by atoms with Gasteiger partial charge in [0.15, 0.2) is 5.84 Å². The van der Waals surface area contributed by atoms with E-state index in [9.17, 15) is 0 Å². The van der Waals surface area contributed by atoms with Crippen LogP contribution in [0.5, 0.6) is 5.75 Å². The van der Waals surface area contributed by atoms with Crippen LogP contribution in [0.1, 0.15) is 16.7 Å². The second kappa shape index (κ2) is 7.31. The molecule has 0 unspecified atom stereocenters. The summed E-state index contributed by atoms with van der Waals surface area (Å²) < 4.78 is 5.20. The zero-order valence-corrected chi connectivity index (χ0v) is 11.9. The molecule has 0 aromatic heterocycles. The van der Waals surface area contributed by atoms with Gasteiger partial charge in [0.1, 0.15) is 5.75 Å². The van der Waals surface area contributed by atoms with Gasteiger partial charge in [0.25, 0.3) is 0 Å². The van der Waals surface area contributed by atoms with Gasteiger partial charge < -0.3 is 21.0 Å². The maximum Gasteiger partial charge on any atom is 0.170 e. The Kier molecular flexibility index (Phi) is 5.17. The number of rotatable bonds is 6. The standard InChI is InChI=1S/C16H19N3O2/c1-21-15-7-3-5-13(9-15)11-18-10-12-4-2-6-14(8-12)16(17)19-20/h2-9,18,20H,10-11H2,1H3,(H2,17,19). The maximum atomic E-state index is 8.69. The van der Waals surface area contributed by atoms with Crippen molar-refractivity contribution in [3.8, 4) is 5.75 Å². The summed E-state index contributed by atoms with van der Waals surface area (Å²) in [6, 6.07) is 15.5. The maximum absolute atomic E-state index is 8.69. The van der Waals surface area contributed by atoms with Crippen molar-refractivity contribution in [2.75, 3.05) is 7.11 Å². The number of oxime groups is 1. The lowest BCUT2D eigenvalue weighted by molar-refractivity contribution is 0.318. The van der Waals surface area contributed by atoms with Crippen LogP contribution < -0.4 is 15.8 Å². The van der Waals surface area contributed by atoms with Crippen LogP contribution in [0.3, 0.4) is 0 Å². The Morgan fingerprint density at radius 2 is 1.81 bits per heavy atom. The number of amidine groups is 1. The molecule has 110 valence electrons. The van der Waals surface area contributed by atoms with E-state index in [1.807, 2.05) is 42.5 Å². The molecule has 0 heterocycles. The van der Waals surface area contributed by atoms with Crippen molar-refractivity contribution in [1.29, 1.82) is 0 Å². The molecular formula is C16H19N3O2. The molecule has 0 bridgehead atoms. The number of methoxy groups -OCH3 is 1. The largest absolute Gasteiger partial charge is 0.497 e. The number of ether oxygens (including phenoxy) is 1. The summed E-state index contributed by atoms with van der Waals surface area (Å²) in [4.78, 5) is 0. The van der Waals surface area contributed by atoms with Gasteiger partial charge in [0.2, 0.25) is 0 Å². The van der Waals surface area contributed by atoms with Gasteiger partial charge in [-0.1, -0.05) is 35.5 Å². The predicted molar refractivity (Wildman–Crippen MR) is 82.5 cm³/mol. The molecule has 0 radical (unpaired) electrons. The van der Waals surface area contributed by atoms with Crippen LogP contribution in [0.15, 0.2) is 53.7 Å². The monoisotopic (exact) mass is 285 g/mol. The number of nitrogens with one attached hydrogen (secondary N) is 1. The molecular weight excluding hydrogens is 266 g/mol. The highest BCUT2D eigenvalue weighted by Crippen LogP contribution is 2.12. The fourth-order valence-corrected chi connectivity index (χ4v) is 2.03. The lowest BCUT2D eigenvalue weighted by atomic mass is 10.1. The number of hydrogen-bond donors (Lipinski definition) is 3. The van der Waals surface area contributed by atoms with Crippen LogP contribution in [0, 0.1) is 0 Å². The first-order valence-corrected chi connectivity index (χ1v) is 6.63. The molecule has 2 aromatic carbocycles. The number of hydrogen-bond acceptors (Lipinski definition) is 4. The Balaban J connectivity index is 1.94. The van der Waals surface area contributed by atoms with Gasteiger partial charge in [-0.3, -0.25) is 0 Å². The molecule has 0 aliphatic carbocycles. The first-order valence-electron chi connectivity index (χ1n) is 6.63. The summed E-state index contributed by atoms with van der Waals surface area (Å²) in [5.41, 5.74) is 8.51. The molecule has 0 aliphatic rings. The molecule has 2 rings (SSSR count). The zero-order chi connectivity index (χ0) is 15.1. The third-order valence-corrected chi connectivity index (χ3v) is 3.12. The van der Waals surface area contributed by atoms with E-state index in [-0.39, 0.29) is 5.84 Å². The molecule has 0 spiro atoms. The fraction of sp³-hybridized carbons (Fsp3) is 0.188. The average Bonchev–Trinajstić information content (AvgIpc) is 2.54. The van der Waals surface area contributed by atoms with Crippen molar-refractivity contribution in [2.45, 2.75) is 13.1 Å². The Bertz CT molecular complexity index is 626. The average molecular weight is 285 g/mol. The van der Waals surface area contributed by atoms with Crippen molar-refractivity contribution in [3.05, 3.63) is 65.2 Å². The lowest BCUT2D eigenvalue weighted by Crippen LogP contribution is -2.15. The van der Waals surface area contributed by atoms with E-state index in [0.29, 0.717) is 12.1 Å². The van der Waals surface area contributed by atoms with E-state index < -0.39 is 0 Å². The summed E-state index contributed by atoms with van der Waals surface area (Å²) in [5, 5.41) is 15.1. The SMILES string of the molecule is COc1cccc(CNCc2cccc(C(N)=NO)c2)c1. The summed E-state index contributed by atoms with van der Waals surface area (Å²) in [5.74, 6) is 0.966. The number of benzene rings is 2. The fourth-order valence-electron chi connectivity index (χ4n) is 2.03. The minimum atomic E-state index is 0.115. The Hall–Kier alpha value is -2.53. The molecule has 2 aromatic rings. The first kappa shape index (κ1) is 14.9. The Labute approximate surface area is 124 Å². The summed E-state index contributed by atoms with van der Waals surface area (Å²) in [6.07, 6.45) is 0. The van der Waals surface area contributed by atoms with E-state index in [4.69, 9.17) is 15.7 Å². The Morgan fingerprint density at radius 3 is 2.48 bits per heavy atom. The third-order valence-electron chi connectivity index (χ3n) is 3.12. The van der Waals surface area contributed by atoms with Gasteiger partial charge in [0, 0.05) is 18.7 Å². The second-order valence-electron chi connectivity index (χ2n) is 4.64. The molecule has 0 saturated heterocycles. The van der Waals surface area contributed by atoms with Crippen LogP contribution in [-0.2, 0) is 13.1 Å². The van der Waals surface area contributed by atoms with E-state index in [1.165, 1.54) is 0 Å². The minimum absolute atomic E-state index is 0.115. The van der Waals surface area contributed by atoms with Gasteiger partial charge in [-0.2, -0.15) is 0 Å². The zero-order valence-electron chi connectivity index (χ0n) is 11.9. The molecule has 5 nitrogen and oxygen atoms in total. The van der Waals surface area contributed by atoms with Crippen molar-refractivity contribution in [2.24, 2.45) is 10.9 Å². The van der Waals surface area contributed by atoms with Crippen LogP contribution in [0.2, 0.25) is 0 Å². The molecule has 0 aliphatic heterocycles. The summed E-state index contributed by atoms with van der Waals surface area (Å²) >= 11 is 0. The van der Waals surface area contributed by atoms with Gasteiger partial charge in [0.05, 0.1) is 7.11 Å². The predicted octanol–water partition coefficient (Wildman–Crippen LogP) is 2.08. The molecule has 5 heteroatoms. The van der Waals surface area contributed by atoms with Gasteiger partial charge in [-0.25, -0.2) is 0 Å². The van der Waals surface area contributed by atoms with Crippen LogP contribution >= 0.6 is 0 Å². The van der Waals surface area contributed by atoms with Gasteiger partial charge in [-0.05, 0) is 29.3 Å². The van der Waals surface area contributed by atoms with Crippen LogP contribution in [0.4, 0.5) is 0 Å². The van der Waals surface area contributed by atoms with Crippen molar-refractivity contribution >= 4 is 5.84 Å². The highest BCUT2D eigenvalue weighted by Gasteiger charge is 2.01. The van der Waals surface area contributed by atoms with Gasteiger partial charge >= 0.3 is 0 Å². The second-order valence-corrected chi connectivity index (χ2v) is 4.64.